The lowest BCUT2D eigenvalue weighted by Crippen LogP contribution is -2.32. The van der Waals surface area contributed by atoms with Crippen molar-refractivity contribution >= 4 is 0 Å². The summed E-state index contributed by atoms with van der Waals surface area (Å²) in [6, 6.07) is 12.5. The van der Waals surface area contributed by atoms with Crippen LogP contribution in [0.1, 0.15) is 29.2 Å². The summed E-state index contributed by atoms with van der Waals surface area (Å²) in [5.74, 6) is 1.67. The number of nitrogens with zero attached hydrogens (tertiary/aromatic N) is 1. The zero-order valence-corrected chi connectivity index (χ0v) is 14.6. The fraction of sp³-hybridized carbons (Fsp3) is 0.400. The van der Waals surface area contributed by atoms with Crippen molar-refractivity contribution in [2.24, 2.45) is 0 Å². The molecule has 1 heterocycles. The molecule has 0 saturated heterocycles. The Morgan fingerprint density at radius 3 is 2.54 bits per heavy atom. The van der Waals surface area contributed by atoms with Gasteiger partial charge in [0.05, 0.1) is 14.2 Å². The van der Waals surface area contributed by atoms with Gasteiger partial charge in [-0.15, -0.1) is 0 Å². The average Bonchev–Trinajstić information content (AvgIpc) is 2.61. The van der Waals surface area contributed by atoms with E-state index in [9.17, 15) is 5.11 Å². The van der Waals surface area contributed by atoms with Gasteiger partial charge in [0.2, 0.25) is 0 Å². The summed E-state index contributed by atoms with van der Waals surface area (Å²) in [4.78, 5) is 2.39. The summed E-state index contributed by atoms with van der Waals surface area (Å²) < 4.78 is 10.5. The van der Waals surface area contributed by atoms with Crippen LogP contribution in [-0.2, 0) is 12.8 Å². The van der Waals surface area contributed by atoms with Gasteiger partial charge in [0.15, 0.2) is 11.5 Å². The lowest BCUT2D eigenvalue weighted by Gasteiger charge is -2.35. The molecule has 0 unspecified atom stereocenters. The Bertz CT molecular complexity index is 697. The van der Waals surface area contributed by atoms with Crippen molar-refractivity contribution in [3.8, 4) is 17.2 Å². The predicted molar refractivity (Wildman–Crippen MR) is 95.0 cm³/mol. The molecule has 0 spiro atoms. The van der Waals surface area contributed by atoms with E-state index in [0.29, 0.717) is 11.8 Å². The first-order valence-electron chi connectivity index (χ1n) is 8.35. The van der Waals surface area contributed by atoms with Crippen LogP contribution in [0.4, 0.5) is 0 Å². The molecule has 2 aromatic rings. The first-order chi connectivity index (χ1) is 11.6. The first-order valence-corrected chi connectivity index (χ1v) is 8.35. The third-order valence-electron chi connectivity index (χ3n) is 4.93. The number of aromatic hydroxyl groups is 1. The van der Waals surface area contributed by atoms with Gasteiger partial charge in [0.25, 0.3) is 0 Å². The maximum Gasteiger partial charge on any atom is 0.160 e. The summed E-state index contributed by atoms with van der Waals surface area (Å²) in [5, 5.41) is 10.0. The number of fused-ring (bicyclic) bond motifs is 1. The van der Waals surface area contributed by atoms with Crippen LogP contribution in [0.15, 0.2) is 36.4 Å². The van der Waals surface area contributed by atoms with E-state index in [0.717, 1.165) is 31.6 Å². The van der Waals surface area contributed by atoms with E-state index in [1.54, 1.807) is 14.2 Å². The van der Waals surface area contributed by atoms with Crippen molar-refractivity contribution in [2.45, 2.75) is 25.3 Å². The smallest absolute Gasteiger partial charge is 0.160 e. The predicted octanol–water partition coefficient (Wildman–Crippen LogP) is 3.57. The molecule has 1 aliphatic heterocycles. The van der Waals surface area contributed by atoms with Crippen LogP contribution in [0.5, 0.6) is 17.2 Å². The molecule has 128 valence electrons. The van der Waals surface area contributed by atoms with Gasteiger partial charge in [-0.25, -0.2) is 0 Å². The van der Waals surface area contributed by atoms with Crippen LogP contribution in [0.25, 0.3) is 0 Å². The normalized spacial score (nSPS) is 17.4. The molecule has 0 aromatic heterocycles. The molecule has 4 nitrogen and oxygen atoms in total. The lowest BCUT2D eigenvalue weighted by molar-refractivity contribution is 0.218. The quantitative estimate of drug-likeness (QED) is 0.911. The highest BCUT2D eigenvalue weighted by Crippen LogP contribution is 2.38. The Morgan fingerprint density at radius 2 is 1.88 bits per heavy atom. The summed E-state index contributed by atoms with van der Waals surface area (Å²) >= 11 is 0. The molecule has 3 rings (SSSR count). The van der Waals surface area contributed by atoms with E-state index < -0.39 is 0 Å². The van der Waals surface area contributed by atoms with Crippen molar-refractivity contribution < 1.29 is 14.6 Å². The maximum absolute atomic E-state index is 10.0. The number of phenols is 1. The highest BCUT2D eigenvalue weighted by molar-refractivity contribution is 5.48. The van der Waals surface area contributed by atoms with E-state index in [2.05, 4.69) is 24.1 Å². The van der Waals surface area contributed by atoms with Crippen molar-refractivity contribution in [3.05, 3.63) is 53.1 Å². The standard InChI is InChI=1S/C20H25NO3/c1-21-11-10-15-12-19(22)20(24-3)13-17(15)18(21)9-6-14-4-7-16(23-2)8-5-14/h4-5,7-8,12-13,18,22H,6,9-11H2,1-3H3/t18-/m1/s1. The zero-order chi connectivity index (χ0) is 17.1. The van der Waals surface area contributed by atoms with E-state index in [-0.39, 0.29) is 5.75 Å². The van der Waals surface area contributed by atoms with Gasteiger partial charge in [0.1, 0.15) is 5.75 Å². The molecule has 4 heteroatoms. The Morgan fingerprint density at radius 1 is 1.12 bits per heavy atom. The minimum absolute atomic E-state index is 0.231. The third-order valence-corrected chi connectivity index (χ3v) is 4.93. The molecular formula is C20H25NO3. The number of phenolic OH excluding ortho intramolecular Hbond substituents is 1. The molecule has 0 radical (unpaired) electrons. The summed E-state index contributed by atoms with van der Waals surface area (Å²) in [6.45, 7) is 1.01. The van der Waals surface area contributed by atoms with Crippen LogP contribution in [-0.4, -0.2) is 37.8 Å². The number of methoxy groups -OCH3 is 2. The molecule has 0 saturated carbocycles. The van der Waals surface area contributed by atoms with E-state index in [1.807, 2.05) is 24.3 Å². The highest BCUT2D eigenvalue weighted by Gasteiger charge is 2.26. The largest absolute Gasteiger partial charge is 0.504 e. The first kappa shape index (κ1) is 16.7. The van der Waals surface area contributed by atoms with E-state index in [4.69, 9.17) is 9.47 Å². The Kier molecular flexibility index (Phi) is 4.95. The molecule has 2 aromatic carbocycles. The Hall–Kier alpha value is -2.20. The van der Waals surface area contributed by atoms with Gasteiger partial charge >= 0.3 is 0 Å². The van der Waals surface area contributed by atoms with Crippen molar-refractivity contribution in [1.82, 2.24) is 4.90 Å². The molecule has 24 heavy (non-hydrogen) atoms. The lowest BCUT2D eigenvalue weighted by atomic mass is 9.89. The van der Waals surface area contributed by atoms with Gasteiger partial charge in [-0.3, -0.25) is 4.90 Å². The van der Waals surface area contributed by atoms with Crippen molar-refractivity contribution in [1.29, 1.82) is 0 Å². The molecule has 1 atom stereocenters. The highest BCUT2D eigenvalue weighted by atomic mass is 16.5. The molecular weight excluding hydrogens is 302 g/mol. The second kappa shape index (κ2) is 7.14. The molecule has 1 aliphatic rings. The number of hydrogen-bond acceptors (Lipinski definition) is 4. The minimum atomic E-state index is 0.231. The average molecular weight is 327 g/mol. The summed E-state index contributed by atoms with van der Waals surface area (Å²) in [6.07, 6.45) is 2.99. The van der Waals surface area contributed by atoms with Crippen LogP contribution in [0.2, 0.25) is 0 Å². The molecule has 0 bridgehead atoms. The number of aryl methyl sites for hydroxylation is 1. The molecule has 0 aliphatic carbocycles. The number of likely N-dealkylation sites (N-methyl/N-ethyl adjacent to an activating group) is 1. The third kappa shape index (κ3) is 3.34. The monoisotopic (exact) mass is 327 g/mol. The van der Waals surface area contributed by atoms with Crippen LogP contribution in [0, 0.1) is 0 Å². The van der Waals surface area contributed by atoms with Gasteiger partial charge < -0.3 is 14.6 Å². The number of rotatable bonds is 5. The van der Waals surface area contributed by atoms with Crippen LogP contribution < -0.4 is 9.47 Å². The fourth-order valence-corrected chi connectivity index (χ4v) is 3.48. The van der Waals surface area contributed by atoms with Crippen molar-refractivity contribution in [3.63, 3.8) is 0 Å². The number of hydrogen-bond donors (Lipinski definition) is 1. The Balaban J connectivity index is 1.80. The number of benzene rings is 2. The molecule has 0 fully saturated rings. The summed E-state index contributed by atoms with van der Waals surface area (Å²) in [7, 11) is 5.45. The number of ether oxygens (including phenoxy) is 2. The fourth-order valence-electron chi connectivity index (χ4n) is 3.48. The van der Waals surface area contributed by atoms with E-state index >= 15 is 0 Å². The topological polar surface area (TPSA) is 41.9 Å². The van der Waals surface area contributed by atoms with Crippen LogP contribution in [0.3, 0.4) is 0 Å². The zero-order valence-electron chi connectivity index (χ0n) is 14.6. The SMILES string of the molecule is COc1ccc(CC[C@@H]2c3cc(OC)c(O)cc3CCN2C)cc1. The molecule has 1 N–H and O–H groups in total. The Labute approximate surface area is 143 Å². The van der Waals surface area contributed by atoms with Gasteiger partial charge in [-0.05, 0) is 67.3 Å². The van der Waals surface area contributed by atoms with Gasteiger partial charge in [-0.2, -0.15) is 0 Å². The van der Waals surface area contributed by atoms with Gasteiger partial charge in [0, 0.05) is 12.6 Å². The van der Waals surface area contributed by atoms with E-state index in [1.165, 1.54) is 16.7 Å². The minimum Gasteiger partial charge on any atom is -0.504 e. The second-order valence-electron chi connectivity index (χ2n) is 6.36. The summed E-state index contributed by atoms with van der Waals surface area (Å²) in [5.41, 5.74) is 3.81. The van der Waals surface area contributed by atoms with Crippen molar-refractivity contribution in [2.75, 3.05) is 27.8 Å². The molecule has 0 amide bonds. The second-order valence-corrected chi connectivity index (χ2v) is 6.36. The van der Waals surface area contributed by atoms with Gasteiger partial charge in [-0.1, -0.05) is 12.1 Å². The van der Waals surface area contributed by atoms with Crippen LogP contribution >= 0.6 is 0 Å². The maximum atomic E-state index is 10.0.